The molecule has 0 atom stereocenters. The average molecular weight is 349 g/mol. The number of imidazole rings is 1. The third kappa shape index (κ3) is 3.57. The Kier molecular flexibility index (Phi) is 4.35. The van der Waals surface area contributed by atoms with Crippen LogP contribution in [0, 0.1) is 0 Å². The summed E-state index contributed by atoms with van der Waals surface area (Å²) in [5, 5.41) is 2.68. The molecule has 0 saturated carbocycles. The minimum atomic E-state index is -4.42. The first-order chi connectivity index (χ1) is 11.9. The smallest absolute Gasteiger partial charge is 0.417 e. The summed E-state index contributed by atoms with van der Waals surface area (Å²) in [6.07, 6.45) is -2.00. The number of halogens is 3. The largest absolute Gasteiger partial charge is 0.496 e. The maximum Gasteiger partial charge on any atom is 0.417 e. The van der Waals surface area contributed by atoms with Gasteiger partial charge in [0, 0.05) is 12.4 Å². The van der Waals surface area contributed by atoms with Crippen LogP contribution in [-0.2, 0) is 12.7 Å². The molecule has 0 spiro atoms. The number of pyridine rings is 1. The van der Waals surface area contributed by atoms with E-state index < -0.39 is 11.7 Å². The fourth-order valence-electron chi connectivity index (χ4n) is 2.40. The van der Waals surface area contributed by atoms with Crippen molar-refractivity contribution in [2.75, 3.05) is 7.11 Å². The quantitative estimate of drug-likeness (QED) is 0.786. The van der Waals surface area contributed by atoms with Crippen LogP contribution in [0.1, 0.15) is 21.6 Å². The van der Waals surface area contributed by atoms with Gasteiger partial charge >= 0.3 is 6.18 Å². The summed E-state index contributed by atoms with van der Waals surface area (Å²) in [5.41, 5.74) is 0.423. The summed E-state index contributed by atoms with van der Waals surface area (Å²) in [7, 11) is 1.46. The van der Waals surface area contributed by atoms with Gasteiger partial charge in [-0.25, -0.2) is 4.98 Å². The van der Waals surface area contributed by atoms with E-state index in [1.165, 1.54) is 23.8 Å². The molecule has 1 amide bonds. The zero-order valence-corrected chi connectivity index (χ0v) is 13.2. The molecule has 3 rings (SSSR count). The predicted molar refractivity (Wildman–Crippen MR) is 84.4 cm³/mol. The van der Waals surface area contributed by atoms with Crippen LogP contribution in [0.3, 0.4) is 0 Å². The van der Waals surface area contributed by atoms with Crippen molar-refractivity contribution in [3.63, 3.8) is 0 Å². The lowest BCUT2D eigenvalue weighted by molar-refractivity contribution is -0.137. The highest BCUT2D eigenvalue weighted by Crippen LogP contribution is 2.29. The van der Waals surface area contributed by atoms with Crippen LogP contribution in [0.25, 0.3) is 5.65 Å². The Balaban J connectivity index is 1.76. The molecule has 0 aliphatic carbocycles. The molecular weight excluding hydrogens is 335 g/mol. The number of benzene rings is 1. The molecule has 8 heteroatoms. The number of alkyl halides is 3. The van der Waals surface area contributed by atoms with E-state index in [2.05, 4.69) is 10.3 Å². The molecule has 0 bridgehead atoms. The Morgan fingerprint density at radius 2 is 1.96 bits per heavy atom. The van der Waals surface area contributed by atoms with Crippen LogP contribution in [0.4, 0.5) is 13.2 Å². The van der Waals surface area contributed by atoms with Crippen LogP contribution in [0.2, 0.25) is 0 Å². The van der Waals surface area contributed by atoms with E-state index in [1.807, 2.05) is 0 Å². The number of aromatic nitrogens is 2. The molecule has 0 fully saturated rings. The second-order valence-electron chi connectivity index (χ2n) is 5.30. The van der Waals surface area contributed by atoms with Crippen LogP contribution in [0.15, 0.2) is 48.8 Å². The third-order valence-electron chi connectivity index (χ3n) is 3.61. The lowest BCUT2D eigenvalue weighted by atomic mass is 10.2. The maximum atomic E-state index is 12.7. The number of hydrogen-bond donors (Lipinski definition) is 1. The fraction of sp³-hybridized carbons (Fsp3) is 0.176. The zero-order chi connectivity index (χ0) is 18.0. The van der Waals surface area contributed by atoms with Gasteiger partial charge in [0.1, 0.15) is 11.4 Å². The third-order valence-corrected chi connectivity index (χ3v) is 3.61. The number of amides is 1. The zero-order valence-electron chi connectivity index (χ0n) is 13.2. The number of hydrogen-bond acceptors (Lipinski definition) is 3. The SMILES string of the molecule is COc1ccccc1C(=O)NCc1cn2cc(C(F)(F)F)ccc2n1. The summed E-state index contributed by atoms with van der Waals surface area (Å²) < 4.78 is 44.6. The molecule has 1 N–H and O–H groups in total. The number of ether oxygens (including phenoxy) is 1. The highest BCUT2D eigenvalue weighted by atomic mass is 19.4. The highest BCUT2D eigenvalue weighted by Gasteiger charge is 2.30. The number of methoxy groups -OCH3 is 1. The van der Waals surface area contributed by atoms with E-state index in [9.17, 15) is 18.0 Å². The molecule has 2 heterocycles. The van der Waals surface area contributed by atoms with E-state index in [1.54, 1.807) is 24.3 Å². The van der Waals surface area contributed by atoms with Gasteiger partial charge in [-0.05, 0) is 24.3 Å². The Morgan fingerprint density at radius 3 is 2.68 bits per heavy atom. The van der Waals surface area contributed by atoms with Crippen molar-refractivity contribution in [1.29, 1.82) is 0 Å². The average Bonchev–Trinajstić information content (AvgIpc) is 3.01. The van der Waals surface area contributed by atoms with Crippen LogP contribution >= 0.6 is 0 Å². The molecule has 0 aliphatic heterocycles. The lowest BCUT2D eigenvalue weighted by Crippen LogP contribution is -2.23. The van der Waals surface area contributed by atoms with Gasteiger partial charge in [-0.1, -0.05) is 12.1 Å². The molecule has 3 aromatic rings. The van der Waals surface area contributed by atoms with Crippen molar-refractivity contribution < 1.29 is 22.7 Å². The summed E-state index contributed by atoms with van der Waals surface area (Å²) >= 11 is 0. The minimum absolute atomic E-state index is 0.0832. The molecule has 0 unspecified atom stereocenters. The summed E-state index contributed by atoms with van der Waals surface area (Å²) in [6.45, 7) is 0.0832. The number of nitrogens with zero attached hydrogens (tertiary/aromatic N) is 2. The molecule has 130 valence electrons. The van der Waals surface area contributed by atoms with Crippen molar-refractivity contribution in [3.8, 4) is 5.75 Å². The molecule has 2 aromatic heterocycles. The normalized spacial score (nSPS) is 11.5. The van der Waals surface area contributed by atoms with Gasteiger partial charge in [0.15, 0.2) is 0 Å². The molecule has 25 heavy (non-hydrogen) atoms. The molecule has 0 aliphatic rings. The predicted octanol–water partition coefficient (Wildman–Crippen LogP) is 3.29. The van der Waals surface area contributed by atoms with E-state index >= 15 is 0 Å². The second-order valence-corrected chi connectivity index (χ2v) is 5.30. The number of carbonyl (C=O) groups excluding carboxylic acids is 1. The highest BCUT2D eigenvalue weighted by molar-refractivity contribution is 5.96. The van der Waals surface area contributed by atoms with Gasteiger partial charge in [0.05, 0.1) is 30.5 Å². The topological polar surface area (TPSA) is 55.6 Å². The molecule has 0 saturated heterocycles. The van der Waals surface area contributed by atoms with Gasteiger partial charge in [-0.3, -0.25) is 4.79 Å². The standard InChI is InChI=1S/C17H14F3N3O2/c1-25-14-5-3-2-4-13(14)16(24)21-8-12-10-23-9-11(17(18,19)20)6-7-15(23)22-12/h2-7,9-10H,8H2,1H3,(H,21,24). The lowest BCUT2D eigenvalue weighted by Gasteiger charge is -2.07. The molecule has 5 nitrogen and oxygen atoms in total. The molecular formula is C17H14F3N3O2. The van der Waals surface area contributed by atoms with E-state index in [-0.39, 0.29) is 12.5 Å². The van der Waals surface area contributed by atoms with Crippen LogP contribution < -0.4 is 10.1 Å². The first kappa shape index (κ1) is 16.8. The van der Waals surface area contributed by atoms with Gasteiger partial charge in [0.2, 0.25) is 0 Å². The number of nitrogens with one attached hydrogen (secondary N) is 1. The van der Waals surface area contributed by atoms with Gasteiger partial charge in [0.25, 0.3) is 5.91 Å². The fourth-order valence-corrected chi connectivity index (χ4v) is 2.40. The van der Waals surface area contributed by atoms with Crippen molar-refractivity contribution in [2.45, 2.75) is 12.7 Å². The summed E-state index contributed by atoms with van der Waals surface area (Å²) in [4.78, 5) is 16.4. The van der Waals surface area contributed by atoms with Crippen LogP contribution in [-0.4, -0.2) is 22.4 Å². The van der Waals surface area contributed by atoms with E-state index in [0.29, 0.717) is 22.7 Å². The minimum Gasteiger partial charge on any atom is -0.496 e. The monoisotopic (exact) mass is 349 g/mol. The Morgan fingerprint density at radius 1 is 1.20 bits per heavy atom. The molecule has 1 aromatic carbocycles. The van der Waals surface area contributed by atoms with Gasteiger partial charge in [-0.15, -0.1) is 0 Å². The van der Waals surface area contributed by atoms with Crippen LogP contribution in [0.5, 0.6) is 5.75 Å². The Hall–Kier alpha value is -3.03. The van der Waals surface area contributed by atoms with Crippen molar-refractivity contribution >= 4 is 11.6 Å². The van der Waals surface area contributed by atoms with Crippen molar-refractivity contribution in [3.05, 3.63) is 65.6 Å². The number of rotatable bonds is 4. The van der Waals surface area contributed by atoms with E-state index in [0.717, 1.165) is 12.3 Å². The summed E-state index contributed by atoms with van der Waals surface area (Å²) in [6, 6.07) is 9.00. The first-order valence-corrected chi connectivity index (χ1v) is 7.34. The first-order valence-electron chi connectivity index (χ1n) is 7.34. The Labute approximate surface area is 141 Å². The van der Waals surface area contributed by atoms with Crippen molar-refractivity contribution in [2.24, 2.45) is 0 Å². The van der Waals surface area contributed by atoms with Gasteiger partial charge < -0.3 is 14.5 Å². The second kappa shape index (κ2) is 6.46. The maximum absolute atomic E-state index is 12.7. The van der Waals surface area contributed by atoms with Crippen molar-refractivity contribution in [1.82, 2.24) is 14.7 Å². The van der Waals surface area contributed by atoms with Gasteiger partial charge in [-0.2, -0.15) is 13.2 Å². The number of carbonyl (C=O) groups is 1. The number of para-hydroxylation sites is 1. The molecule has 0 radical (unpaired) electrons. The summed E-state index contributed by atoms with van der Waals surface area (Å²) in [5.74, 6) is 0.0790. The van der Waals surface area contributed by atoms with E-state index in [4.69, 9.17) is 4.74 Å². The number of fused-ring (bicyclic) bond motifs is 1. The Bertz CT molecular complexity index is 919.